The van der Waals surface area contributed by atoms with E-state index in [-0.39, 0.29) is 11.7 Å². The number of fused-ring (bicyclic) bond motifs is 1. The van der Waals surface area contributed by atoms with E-state index in [1.54, 1.807) is 20.3 Å². The van der Waals surface area contributed by atoms with Crippen molar-refractivity contribution in [2.45, 2.75) is 55.3 Å². The molecule has 2 heterocycles. The van der Waals surface area contributed by atoms with Crippen molar-refractivity contribution >= 4 is 22.9 Å². The predicted octanol–water partition coefficient (Wildman–Crippen LogP) is 5.75. The zero-order chi connectivity index (χ0) is 25.1. The van der Waals surface area contributed by atoms with Gasteiger partial charge in [-0.3, -0.25) is 0 Å². The second kappa shape index (κ2) is 10.6. The molecule has 1 saturated carbocycles. The maximum absolute atomic E-state index is 13.1. The van der Waals surface area contributed by atoms with Gasteiger partial charge in [0.1, 0.15) is 17.2 Å². The van der Waals surface area contributed by atoms with Gasteiger partial charge in [-0.05, 0) is 55.5 Å². The molecule has 2 unspecified atom stereocenters. The number of pyridine rings is 1. The van der Waals surface area contributed by atoms with E-state index in [1.165, 1.54) is 12.1 Å². The minimum Gasteiger partial charge on any atom is -0.497 e. The number of imidazole rings is 1. The zero-order valence-electron chi connectivity index (χ0n) is 20.6. The van der Waals surface area contributed by atoms with Gasteiger partial charge < -0.3 is 24.5 Å². The van der Waals surface area contributed by atoms with Crippen LogP contribution in [0, 0.1) is 5.82 Å². The maximum atomic E-state index is 13.1. The molecule has 8 heteroatoms. The summed E-state index contributed by atoms with van der Waals surface area (Å²) in [6.45, 7) is 0.771. The standard InChI is InChI=1S/C28H32ClFN4O2/c1-35-24-11-12-25(28(29,16-24)36-2)26-18-34-14-13-23(15-27(34)33-26)32-22-9-7-21(8-10-22)31-17-19-3-5-20(30)6-4-19/h3-6,11-16,18,21-22,25,31-32H,7-10,17H2,1-2H3/t21-,22+,25?,28?. The molecule has 6 nitrogen and oxygen atoms in total. The minimum absolute atomic E-state index is 0.194. The van der Waals surface area contributed by atoms with E-state index in [1.807, 2.05) is 41.1 Å². The van der Waals surface area contributed by atoms with Crippen molar-refractivity contribution in [1.82, 2.24) is 14.7 Å². The van der Waals surface area contributed by atoms with Crippen molar-refractivity contribution < 1.29 is 13.9 Å². The van der Waals surface area contributed by atoms with E-state index in [2.05, 4.69) is 22.8 Å². The molecule has 3 aromatic rings. The van der Waals surface area contributed by atoms with E-state index < -0.39 is 5.06 Å². The van der Waals surface area contributed by atoms with Gasteiger partial charge in [-0.1, -0.05) is 29.8 Å². The van der Waals surface area contributed by atoms with Gasteiger partial charge in [-0.25, -0.2) is 9.37 Å². The molecule has 0 spiro atoms. The highest BCUT2D eigenvalue weighted by Gasteiger charge is 2.39. The summed E-state index contributed by atoms with van der Waals surface area (Å²) in [5.74, 6) is 0.233. The first-order valence-electron chi connectivity index (χ1n) is 12.4. The summed E-state index contributed by atoms with van der Waals surface area (Å²) in [6, 6.07) is 11.8. The number of allylic oxidation sites excluding steroid dienone is 1. The molecule has 0 saturated heterocycles. The topological polar surface area (TPSA) is 59.8 Å². The third kappa shape index (κ3) is 5.43. The number of ether oxygens (including phenoxy) is 2. The van der Waals surface area contributed by atoms with Gasteiger partial charge >= 0.3 is 0 Å². The summed E-state index contributed by atoms with van der Waals surface area (Å²) in [4.78, 5) is 4.86. The fourth-order valence-electron chi connectivity index (χ4n) is 5.05. The van der Waals surface area contributed by atoms with Crippen LogP contribution in [0.5, 0.6) is 0 Å². The van der Waals surface area contributed by atoms with Crippen LogP contribution in [0.1, 0.15) is 42.9 Å². The SMILES string of the molecule is COC1=CC(Cl)(OC)C(c2cn3ccc(N[C@H]4CC[C@@H](NCc5ccc(F)cc5)CC4)cc3n2)C=C1. The molecule has 0 aliphatic heterocycles. The smallest absolute Gasteiger partial charge is 0.175 e. The van der Waals surface area contributed by atoms with Gasteiger partial charge in [0, 0.05) is 56.0 Å². The number of halogens is 2. The van der Waals surface area contributed by atoms with E-state index in [9.17, 15) is 4.39 Å². The number of hydrogen-bond donors (Lipinski definition) is 2. The molecule has 2 aliphatic carbocycles. The van der Waals surface area contributed by atoms with Gasteiger partial charge in [0.15, 0.2) is 5.06 Å². The number of anilines is 1. The fourth-order valence-corrected chi connectivity index (χ4v) is 5.34. The van der Waals surface area contributed by atoms with Gasteiger partial charge in [0.2, 0.25) is 0 Å². The number of nitrogens with one attached hydrogen (secondary N) is 2. The lowest BCUT2D eigenvalue weighted by Crippen LogP contribution is -2.36. The van der Waals surface area contributed by atoms with Crippen LogP contribution >= 0.6 is 11.6 Å². The van der Waals surface area contributed by atoms with Gasteiger partial charge in [-0.15, -0.1) is 0 Å². The minimum atomic E-state index is -1.05. The van der Waals surface area contributed by atoms with E-state index in [0.29, 0.717) is 17.8 Å². The summed E-state index contributed by atoms with van der Waals surface area (Å²) >= 11 is 6.78. The van der Waals surface area contributed by atoms with E-state index >= 15 is 0 Å². The lowest BCUT2D eigenvalue weighted by molar-refractivity contribution is 0.0852. The molecular weight excluding hydrogens is 479 g/mol. The molecule has 1 fully saturated rings. The number of nitrogens with zero attached hydrogens (tertiary/aromatic N) is 2. The molecule has 0 bridgehead atoms. The van der Waals surface area contributed by atoms with Gasteiger partial charge in [-0.2, -0.15) is 0 Å². The van der Waals surface area contributed by atoms with Crippen molar-refractivity contribution in [1.29, 1.82) is 0 Å². The Balaban J connectivity index is 1.19. The van der Waals surface area contributed by atoms with Crippen molar-refractivity contribution in [2.75, 3.05) is 19.5 Å². The Hall–Kier alpha value is -2.87. The van der Waals surface area contributed by atoms with Crippen LogP contribution < -0.4 is 10.6 Å². The second-order valence-electron chi connectivity index (χ2n) is 9.54. The molecular formula is C28H32ClFN4O2. The van der Waals surface area contributed by atoms with Crippen LogP contribution in [-0.2, 0) is 16.0 Å². The average Bonchev–Trinajstić information content (AvgIpc) is 3.32. The maximum Gasteiger partial charge on any atom is 0.175 e. The third-order valence-electron chi connectivity index (χ3n) is 7.17. The summed E-state index contributed by atoms with van der Waals surface area (Å²) in [5, 5.41) is 6.25. The fraction of sp³-hybridized carbons (Fsp3) is 0.393. The summed E-state index contributed by atoms with van der Waals surface area (Å²) < 4.78 is 26.1. The third-order valence-corrected chi connectivity index (χ3v) is 7.67. The van der Waals surface area contributed by atoms with Crippen molar-refractivity contribution in [3.8, 4) is 0 Å². The quantitative estimate of drug-likeness (QED) is 0.378. The lowest BCUT2D eigenvalue weighted by Gasteiger charge is -2.31. The van der Waals surface area contributed by atoms with Crippen molar-refractivity contribution in [2.24, 2.45) is 0 Å². The molecule has 0 amide bonds. The summed E-state index contributed by atoms with van der Waals surface area (Å²) in [5.41, 5.74) is 3.86. The average molecular weight is 511 g/mol. The van der Waals surface area contributed by atoms with Gasteiger partial charge in [0.25, 0.3) is 0 Å². The van der Waals surface area contributed by atoms with Crippen LogP contribution in [0.25, 0.3) is 5.65 Å². The number of alkyl halides is 1. The number of methoxy groups -OCH3 is 2. The molecule has 2 N–H and O–H groups in total. The van der Waals surface area contributed by atoms with Gasteiger partial charge in [0.05, 0.1) is 18.7 Å². The molecule has 2 atom stereocenters. The van der Waals surface area contributed by atoms with E-state index in [4.69, 9.17) is 26.1 Å². The lowest BCUT2D eigenvalue weighted by atomic mass is 9.91. The predicted molar refractivity (Wildman–Crippen MR) is 141 cm³/mol. The molecule has 1 aromatic carbocycles. The normalized spacial score (nSPS) is 26.1. The summed E-state index contributed by atoms with van der Waals surface area (Å²) in [7, 11) is 3.20. The highest BCUT2D eigenvalue weighted by Crippen LogP contribution is 2.41. The molecule has 190 valence electrons. The van der Waals surface area contributed by atoms with Crippen LogP contribution in [-0.4, -0.2) is 40.7 Å². The van der Waals surface area contributed by atoms with Crippen LogP contribution in [0.15, 0.2) is 72.8 Å². The molecule has 5 rings (SSSR count). The van der Waals surface area contributed by atoms with Crippen molar-refractivity contribution in [3.63, 3.8) is 0 Å². The Bertz CT molecular complexity index is 1250. The summed E-state index contributed by atoms with van der Waals surface area (Å²) in [6.07, 6.45) is 14.1. The Kier molecular flexibility index (Phi) is 7.32. The zero-order valence-corrected chi connectivity index (χ0v) is 21.3. The molecule has 36 heavy (non-hydrogen) atoms. The monoisotopic (exact) mass is 510 g/mol. The van der Waals surface area contributed by atoms with Crippen LogP contribution in [0.3, 0.4) is 0 Å². The number of benzene rings is 1. The molecule has 2 aromatic heterocycles. The Morgan fingerprint density at radius 1 is 1.11 bits per heavy atom. The first kappa shape index (κ1) is 24.8. The van der Waals surface area contributed by atoms with Crippen molar-refractivity contribution in [3.05, 3.63) is 89.9 Å². The first-order chi connectivity index (χ1) is 17.5. The van der Waals surface area contributed by atoms with E-state index in [0.717, 1.165) is 54.8 Å². The largest absolute Gasteiger partial charge is 0.497 e. The highest BCUT2D eigenvalue weighted by molar-refractivity contribution is 6.25. The molecule has 0 radical (unpaired) electrons. The number of hydrogen-bond acceptors (Lipinski definition) is 5. The number of rotatable bonds is 8. The first-order valence-corrected chi connectivity index (χ1v) is 12.8. The van der Waals surface area contributed by atoms with Crippen LogP contribution in [0.2, 0.25) is 0 Å². The highest BCUT2D eigenvalue weighted by atomic mass is 35.5. The molecule has 2 aliphatic rings. The number of aromatic nitrogens is 2. The van der Waals surface area contributed by atoms with Crippen LogP contribution in [0.4, 0.5) is 10.1 Å². The Morgan fingerprint density at radius 3 is 2.58 bits per heavy atom. The second-order valence-corrected chi connectivity index (χ2v) is 10.1. The Labute approximate surface area is 216 Å². The Morgan fingerprint density at radius 2 is 1.86 bits per heavy atom.